The first-order valence-corrected chi connectivity index (χ1v) is 12.4. The van der Waals surface area contributed by atoms with E-state index in [2.05, 4.69) is 17.0 Å². The van der Waals surface area contributed by atoms with Crippen LogP contribution in [0.5, 0.6) is 0 Å². The number of carbonyl (C=O) groups is 1. The van der Waals surface area contributed by atoms with Crippen LogP contribution >= 0.6 is 11.8 Å². The van der Waals surface area contributed by atoms with E-state index in [9.17, 15) is 9.59 Å². The second-order valence-electron chi connectivity index (χ2n) is 8.52. The highest BCUT2D eigenvalue weighted by molar-refractivity contribution is 7.99. The molecule has 0 spiro atoms. The monoisotopic (exact) mass is 448 g/mol. The van der Waals surface area contributed by atoms with Crippen LogP contribution < -0.4 is 10.5 Å². The van der Waals surface area contributed by atoms with E-state index in [1.807, 2.05) is 51.9 Å². The van der Waals surface area contributed by atoms with E-state index in [0.29, 0.717) is 21.8 Å². The summed E-state index contributed by atoms with van der Waals surface area (Å²) >= 11 is 1.41. The Balaban J connectivity index is 1.29. The van der Waals surface area contributed by atoms with Crippen LogP contribution in [0, 0.1) is 0 Å². The Morgan fingerprint density at radius 3 is 2.38 bits per heavy atom. The number of amides is 1. The third-order valence-corrected chi connectivity index (χ3v) is 7.48. The van der Waals surface area contributed by atoms with Gasteiger partial charge in [-0.2, -0.15) is 0 Å². The Hall–Kier alpha value is -2.80. The quantitative estimate of drug-likeness (QED) is 0.437. The number of benzene rings is 2. The summed E-state index contributed by atoms with van der Waals surface area (Å²) < 4.78 is 1.86. The fourth-order valence-electron chi connectivity index (χ4n) is 4.78. The molecule has 0 atom stereocenters. The predicted octanol–water partition coefficient (Wildman–Crippen LogP) is 3.95. The maximum atomic E-state index is 13.3. The van der Waals surface area contributed by atoms with Crippen molar-refractivity contribution in [2.75, 3.05) is 36.8 Å². The summed E-state index contributed by atoms with van der Waals surface area (Å²) in [5.41, 5.74) is 1.93. The molecule has 3 aromatic rings. The molecule has 6 nitrogen and oxygen atoms in total. The smallest absolute Gasteiger partial charge is 0.262 e. The van der Waals surface area contributed by atoms with Crippen LogP contribution in [-0.4, -0.2) is 52.3 Å². The molecule has 0 radical (unpaired) electrons. The van der Waals surface area contributed by atoms with Gasteiger partial charge in [-0.15, -0.1) is 0 Å². The zero-order valence-electron chi connectivity index (χ0n) is 18.2. The van der Waals surface area contributed by atoms with Crippen molar-refractivity contribution in [3.05, 3.63) is 65.0 Å². The first kappa shape index (κ1) is 21.1. The molecule has 0 bridgehead atoms. The summed E-state index contributed by atoms with van der Waals surface area (Å²) in [6.45, 7) is 3.10. The number of thioether (sulfide) groups is 1. The molecular weight excluding hydrogens is 420 g/mol. The molecule has 1 amide bonds. The van der Waals surface area contributed by atoms with Crippen molar-refractivity contribution in [2.45, 2.75) is 36.9 Å². The van der Waals surface area contributed by atoms with E-state index in [4.69, 9.17) is 4.98 Å². The van der Waals surface area contributed by atoms with E-state index < -0.39 is 0 Å². The van der Waals surface area contributed by atoms with Crippen molar-refractivity contribution in [1.82, 2.24) is 14.5 Å². The molecule has 1 saturated heterocycles. The lowest BCUT2D eigenvalue weighted by Crippen LogP contribution is -2.49. The van der Waals surface area contributed by atoms with E-state index >= 15 is 0 Å². The summed E-state index contributed by atoms with van der Waals surface area (Å²) in [5, 5.41) is 1.34. The van der Waals surface area contributed by atoms with Crippen LogP contribution in [0.15, 0.2) is 64.5 Å². The summed E-state index contributed by atoms with van der Waals surface area (Å²) in [4.78, 5) is 35.3. The summed E-state index contributed by atoms with van der Waals surface area (Å²) in [6.07, 6.45) is 4.28. The molecular formula is C25H28N4O2S. The van der Waals surface area contributed by atoms with Crippen LogP contribution in [0.4, 0.5) is 5.69 Å². The van der Waals surface area contributed by atoms with E-state index in [-0.39, 0.29) is 17.5 Å². The molecule has 0 N–H and O–H groups in total. The van der Waals surface area contributed by atoms with Crippen molar-refractivity contribution < 1.29 is 4.79 Å². The SMILES string of the molecule is O=C(CSc1nc2ccccc2c(=O)n1C1CCCC1)N1CCN(c2ccccc2)CC1. The van der Waals surface area contributed by atoms with Gasteiger partial charge < -0.3 is 9.80 Å². The lowest BCUT2D eigenvalue weighted by molar-refractivity contribution is -0.128. The van der Waals surface area contributed by atoms with Gasteiger partial charge in [0, 0.05) is 37.9 Å². The van der Waals surface area contributed by atoms with E-state index in [1.54, 1.807) is 0 Å². The number of rotatable bonds is 5. The minimum absolute atomic E-state index is 0.0222. The molecule has 2 fully saturated rings. The Morgan fingerprint density at radius 1 is 0.938 bits per heavy atom. The van der Waals surface area contributed by atoms with Crippen molar-refractivity contribution >= 4 is 34.3 Å². The second-order valence-corrected chi connectivity index (χ2v) is 9.46. The third-order valence-electron chi connectivity index (χ3n) is 6.54. The lowest BCUT2D eigenvalue weighted by atomic mass is 10.2. The molecule has 2 aromatic carbocycles. The summed E-state index contributed by atoms with van der Waals surface area (Å²) in [6, 6.07) is 18.0. The van der Waals surface area contributed by atoms with Gasteiger partial charge in [0.15, 0.2) is 5.16 Å². The maximum absolute atomic E-state index is 13.3. The molecule has 2 aliphatic rings. The van der Waals surface area contributed by atoms with Gasteiger partial charge in [0.25, 0.3) is 5.56 Å². The molecule has 166 valence electrons. The molecule has 7 heteroatoms. The normalized spacial score (nSPS) is 17.2. The number of hydrogen-bond acceptors (Lipinski definition) is 5. The van der Waals surface area contributed by atoms with Crippen LogP contribution in [0.25, 0.3) is 10.9 Å². The Bertz CT molecular complexity index is 1150. The Morgan fingerprint density at radius 2 is 1.62 bits per heavy atom. The lowest BCUT2D eigenvalue weighted by Gasteiger charge is -2.36. The summed E-state index contributed by atoms with van der Waals surface area (Å²) in [7, 11) is 0. The van der Waals surface area contributed by atoms with E-state index in [0.717, 1.165) is 51.9 Å². The highest BCUT2D eigenvalue weighted by Crippen LogP contribution is 2.32. The number of piperazine rings is 1. The number of para-hydroxylation sites is 2. The third kappa shape index (κ3) is 4.26. The number of fused-ring (bicyclic) bond motifs is 1. The first-order chi connectivity index (χ1) is 15.7. The van der Waals surface area contributed by atoms with Gasteiger partial charge in [0.05, 0.1) is 16.7 Å². The Kier molecular flexibility index (Phi) is 6.17. The molecule has 5 rings (SSSR count). The van der Waals surface area contributed by atoms with Crippen LogP contribution in [-0.2, 0) is 4.79 Å². The van der Waals surface area contributed by atoms with Gasteiger partial charge in [-0.25, -0.2) is 4.98 Å². The minimum Gasteiger partial charge on any atom is -0.368 e. The average Bonchev–Trinajstić information content (AvgIpc) is 3.38. The molecule has 1 aromatic heterocycles. The number of carbonyl (C=O) groups excluding carboxylic acids is 1. The topological polar surface area (TPSA) is 58.4 Å². The van der Waals surface area contributed by atoms with Crippen molar-refractivity contribution in [3.63, 3.8) is 0 Å². The highest BCUT2D eigenvalue weighted by Gasteiger charge is 2.25. The standard InChI is InChI=1S/C25H28N4O2S/c30-23(28-16-14-27(15-17-28)19-8-2-1-3-9-19)18-32-25-26-22-13-7-6-12-21(22)24(31)29(25)20-10-4-5-11-20/h1-3,6-9,12-13,20H,4-5,10-11,14-18H2. The van der Waals surface area contributed by atoms with Gasteiger partial charge in [-0.1, -0.05) is 54.9 Å². The van der Waals surface area contributed by atoms with Gasteiger partial charge in [0.1, 0.15) is 0 Å². The van der Waals surface area contributed by atoms with Gasteiger partial charge in [0.2, 0.25) is 5.91 Å². The fraction of sp³-hybridized carbons (Fsp3) is 0.400. The Labute approximate surface area is 192 Å². The van der Waals surface area contributed by atoms with Gasteiger partial charge in [-0.3, -0.25) is 14.2 Å². The predicted molar refractivity (Wildman–Crippen MR) is 129 cm³/mol. The molecule has 1 aliphatic heterocycles. The first-order valence-electron chi connectivity index (χ1n) is 11.4. The summed E-state index contributed by atoms with van der Waals surface area (Å²) in [5.74, 6) is 0.422. The number of anilines is 1. The second kappa shape index (κ2) is 9.36. The molecule has 1 aliphatic carbocycles. The molecule has 1 saturated carbocycles. The van der Waals surface area contributed by atoms with Crippen molar-refractivity contribution in [2.24, 2.45) is 0 Å². The van der Waals surface area contributed by atoms with Crippen molar-refractivity contribution in [1.29, 1.82) is 0 Å². The minimum atomic E-state index is 0.0222. The zero-order valence-corrected chi connectivity index (χ0v) is 19.0. The maximum Gasteiger partial charge on any atom is 0.262 e. The van der Waals surface area contributed by atoms with Crippen molar-refractivity contribution in [3.8, 4) is 0 Å². The van der Waals surface area contributed by atoms with Crippen LogP contribution in [0.1, 0.15) is 31.7 Å². The molecule has 2 heterocycles. The fourth-order valence-corrected chi connectivity index (χ4v) is 5.75. The highest BCUT2D eigenvalue weighted by atomic mass is 32.2. The number of aromatic nitrogens is 2. The zero-order chi connectivity index (χ0) is 21.9. The largest absolute Gasteiger partial charge is 0.368 e. The van der Waals surface area contributed by atoms with E-state index in [1.165, 1.54) is 17.4 Å². The molecule has 32 heavy (non-hydrogen) atoms. The van der Waals surface area contributed by atoms with Gasteiger partial charge >= 0.3 is 0 Å². The number of hydrogen-bond donors (Lipinski definition) is 0. The number of nitrogens with zero attached hydrogens (tertiary/aromatic N) is 4. The van der Waals surface area contributed by atoms with Gasteiger partial charge in [-0.05, 0) is 37.1 Å². The van der Waals surface area contributed by atoms with Crippen LogP contribution in [0.2, 0.25) is 0 Å². The molecule has 0 unspecified atom stereocenters. The van der Waals surface area contributed by atoms with Crippen LogP contribution in [0.3, 0.4) is 0 Å². The average molecular weight is 449 g/mol.